The summed E-state index contributed by atoms with van der Waals surface area (Å²) >= 11 is 0. The van der Waals surface area contributed by atoms with Crippen LogP contribution in [-0.4, -0.2) is 59.9 Å². The molecule has 50 heavy (non-hydrogen) atoms. The number of benzene rings is 2. The van der Waals surface area contributed by atoms with Gasteiger partial charge in [0, 0.05) is 43.0 Å². The zero-order valence-electron chi connectivity index (χ0n) is 29.2. The molecule has 12 heteroatoms. The first-order chi connectivity index (χ1) is 23.8. The highest BCUT2D eigenvalue weighted by molar-refractivity contribution is 7.92. The van der Waals surface area contributed by atoms with Crippen LogP contribution in [0.3, 0.4) is 0 Å². The molecule has 0 unspecified atom stereocenters. The van der Waals surface area contributed by atoms with Gasteiger partial charge < -0.3 is 14.5 Å². The summed E-state index contributed by atoms with van der Waals surface area (Å²) in [5, 5.41) is 9.53. The molecule has 0 saturated carbocycles. The standard InChI is InChI=1S/C38H43N7O4S/c1-25(2)18-30-23-49-34-20-32(35-26(3)8-6-9-27(35)4)41-37(42-34)43-50(47,48)31-11-7-10-29(19-31)36(46)45(30)22-28-12-13-33(40-21-28)44-16-14-38(5,24-39)15-17-44/h6-13,19-21,25,30H,14-18,22-23H2,1-5H3,(H,41,42,43)/t30-/m1/s1. The van der Waals surface area contributed by atoms with Gasteiger partial charge in [-0.25, -0.2) is 23.1 Å². The van der Waals surface area contributed by atoms with Crippen molar-refractivity contribution in [1.29, 1.82) is 5.26 Å². The van der Waals surface area contributed by atoms with E-state index in [0.29, 0.717) is 12.1 Å². The fourth-order valence-electron chi connectivity index (χ4n) is 6.65. The SMILES string of the molecule is Cc1cccc(C)c1-c1cc2nc(n1)NS(=O)(=O)c1cccc(c1)C(=O)N(Cc1ccc(N3CCC(C)(C#N)CC3)nc1)[C@H](CC(C)C)CO2. The first kappa shape index (κ1) is 34.8. The van der Waals surface area contributed by atoms with E-state index in [-0.39, 0.29) is 58.7 Å². The number of ether oxygens (including phenoxy) is 1. The summed E-state index contributed by atoms with van der Waals surface area (Å²) in [5.41, 5.74) is 4.09. The Labute approximate surface area is 294 Å². The number of amides is 1. The summed E-state index contributed by atoms with van der Waals surface area (Å²) in [6.45, 7) is 12.0. The molecule has 11 nitrogen and oxygen atoms in total. The third-order valence-corrected chi connectivity index (χ3v) is 10.9. The quantitative estimate of drug-likeness (QED) is 0.238. The van der Waals surface area contributed by atoms with Gasteiger partial charge in [0.15, 0.2) is 0 Å². The molecule has 1 saturated heterocycles. The summed E-state index contributed by atoms with van der Waals surface area (Å²) in [7, 11) is -4.17. The van der Waals surface area contributed by atoms with Gasteiger partial charge >= 0.3 is 0 Å². The molecule has 4 bridgehead atoms. The average molecular weight is 694 g/mol. The second kappa shape index (κ2) is 14.1. The number of carbonyl (C=O) groups excluding carboxylic acids is 1. The number of nitriles is 1. The van der Waals surface area contributed by atoms with Crippen LogP contribution in [0.25, 0.3) is 11.3 Å². The van der Waals surface area contributed by atoms with Crippen molar-refractivity contribution in [3.63, 3.8) is 0 Å². The topological polar surface area (TPSA) is 141 Å². The lowest BCUT2D eigenvalue weighted by Crippen LogP contribution is -2.44. The van der Waals surface area contributed by atoms with Gasteiger partial charge in [-0.3, -0.25) is 4.79 Å². The Balaban J connectivity index is 1.38. The predicted octanol–water partition coefficient (Wildman–Crippen LogP) is 6.54. The Hall–Kier alpha value is -5.02. The predicted molar refractivity (Wildman–Crippen MR) is 192 cm³/mol. The third kappa shape index (κ3) is 7.58. The van der Waals surface area contributed by atoms with Crippen molar-refractivity contribution in [2.24, 2.45) is 11.3 Å². The molecule has 4 aromatic rings. The number of hydrogen-bond acceptors (Lipinski definition) is 9. The lowest BCUT2D eigenvalue weighted by Gasteiger charge is -2.36. The van der Waals surface area contributed by atoms with E-state index < -0.39 is 10.0 Å². The van der Waals surface area contributed by atoms with E-state index >= 15 is 0 Å². The van der Waals surface area contributed by atoms with Crippen molar-refractivity contribution in [1.82, 2.24) is 19.9 Å². The van der Waals surface area contributed by atoms with Crippen LogP contribution in [0.2, 0.25) is 0 Å². The maximum atomic E-state index is 14.4. The largest absolute Gasteiger partial charge is 0.475 e. The van der Waals surface area contributed by atoms with Crippen molar-refractivity contribution in [2.45, 2.75) is 71.4 Å². The number of aromatic nitrogens is 3. The highest BCUT2D eigenvalue weighted by Gasteiger charge is 2.32. The molecule has 260 valence electrons. The van der Waals surface area contributed by atoms with Crippen LogP contribution in [0.5, 0.6) is 5.88 Å². The number of rotatable bonds is 6. The summed E-state index contributed by atoms with van der Waals surface area (Å²) < 4.78 is 36.2. The summed E-state index contributed by atoms with van der Waals surface area (Å²) in [5.74, 6) is 0.804. The maximum absolute atomic E-state index is 14.4. The number of piperidine rings is 1. The Bertz CT molecular complexity index is 2010. The van der Waals surface area contributed by atoms with E-state index in [2.05, 4.69) is 39.5 Å². The summed E-state index contributed by atoms with van der Waals surface area (Å²) in [6, 6.07) is 19.7. The van der Waals surface area contributed by atoms with E-state index in [1.54, 1.807) is 29.3 Å². The van der Waals surface area contributed by atoms with Crippen LogP contribution in [-0.2, 0) is 16.6 Å². The maximum Gasteiger partial charge on any atom is 0.264 e. The molecule has 0 spiro atoms. The highest BCUT2D eigenvalue weighted by Crippen LogP contribution is 2.33. The number of pyridine rings is 1. The second-order valence-electron chi connectivity index (χ2n) is 14.0. The third-order valence-electron chi connectivity index (χ3n) is 9.55. The van der Waals surface area contributed by atoms with Gasteiger partial charge in [0.1, 0.15) is 12.4 Å². The molecule has 2 aromatic heterocycles. The van der Waals surface area contributed by atoms with Crippen LogP contribution < -0.4 is 14.4 Å². The number of sulfonamides is 1. The van der Waals surface area contributed by atoms with E-state index in [4.69, 9.17) is 9.72 Å². The fourth-order valence-corrected chi connectivity index (χ4v) is 7.63. The Morgan fingerprint density at radius 1 is 1.04 bits per heavy atom. The van der Waals surface area contributed by atoms with E-state index in [1.807, 2.05) is 51.1 Å². The first-order valence-corrected chi connectivity index (χ1v) is 18.5. The molecule has 4 heterocycles. The molecule has 2 aliphatic rings. The van der Waals surface area contributed by atoms with Gasteiger partial charge in [-0.1, -0.05) is 44.2 Å². The molecule has 2 aliphatic heterocycles. The second-order valence-corrected chi connectivity index (χ2v) is 15.7. The fraction of sp³-hybridized carbons (Fsp3) is 0.395. The van der Waals surface area contributed by atoms with Gasteiger partial charge in [0.05, 0.1) is 28.1 Å². The minimum absolute atomic E-state index is 0.0773. The smallest absolute Gasteiger partial charge is 0.264 e. The van der Waals surface area contributed by atoms with Crippen molar-refractivity contribution >= 4 is 27.7 Å². The number of nitrogens with zero attached hydrogens (tertiary/aromatic N) is 6. The summed E-state index contributed by atoms with van der Waals surface area (Å²) in [6.07, 6.45) is 3.96. The lowest BCUT2D eigenvalue weighted by atomic mass is 9.82. The van der Waals surface area contributed by atoms with E-state index in [9.17, 15) is 18.5 Å². The zero-order chi connectivity index (χ0) is 35.6. The molecular weight excluding hydrogens is 651 g/mol. The van der Waals surface area contributed by atoms with Gasteiger partial charge in [-0.2, -0.15) is 10.2 Å². The van der Waals surface area contributed by atoms with Crippen molar-refractivity contribution in [2.75, 3.05) is 29.3 Å². The van der Waals surface area contributed by atoms with Gasteiger partial charge in [-0.05, 0) is 86.9 Å². The minimum atomic E-state index is -4.17. The number of hydrogen-bond donors (Lipinski definition) is 1. The van der Waals surface area contributed by atoms with Gasteiger partial charge in [0.25, 0.3) is 15.9 Å². The Morgan fingerprint density at radius 2 is 1.76 bits per heavy atom. The number of carbonyl (C=O) groups is 1. The average Bonchev–Trinajstić information content (AvgIpc) is 3.09. The number of aryl methyl sites for hydroxylation is 2. The van der Waals surface area contributed by atoms with E-state index in [0.717, 1.165) is 54.0 Å². The monoisotopic (exact) mass is 693 g/mol. The van der Waals surface area contributed by atoms with Crippen LogP contribution in [0.4, 0.5) is 11.8 Å². The zero-order valence-corrected chi connectivity index (χ0v) is 30.0. The molecule has 0 radical (unpaired) electrons. The van der Waals surface area contributed by atoms with Crippen LogP contribution in [0.1, 0.15) is 67.1 Å². The summed E-state index contributed by atoms with van der Waals surface area (Å²) in [4.78, 5) is 32.1. The van der Waals surface area contributed by atoms with Crippen molar-refractivity contribution in [3.05, 3.63) is 89.1 Å². The molecule has 6 rings (SSSR count). The molecule has 2 aromatic carbocycles. The lowest BCUT2D eigenvalue weighted by molar-refractivity contribution is 0.0553. The molecule has 1 amide bonds. The molecule has 1 atom stereocenters. The number of fused-ring (bicyclic) bond motifs is 4. The van der Waals surface area contributed by atoms with Crippen LogP contribution in [0.15, 0.2) is 71.8 Å². The molecular formula is C38H43N7O4S. The van der Waals surface area contributed by atoms with E-state index in [1.165, 1.54) is 12.1 Å². The van der Waals surface area contributed by atoms with Crippen LogP contribution in [0, 0.1) is 36.5 Å². The molecule has 1 fully saturated rings. The minimum Gasteiger partial charge on any atom is -0.475 e. The van der Waals surface area contributed by atoms with Crippen LogP contribution >= 0.6 is 0 Å². The first-order valence-electron chi connectivity index (χ1n) is 17.0. The molecule has 0 aliphatic carbocycles. The van der Waals surface area contributed by atoms with Gasteiger partial charge in [-0.15, -0.1) is 0 Å². The number of anilines is 2. The number of nitrogens with one attached hydrogen (secondary N) is 1. The van der Waals surface area contributed by atoms with Gasteiger partial charge in [0.2, 0.25) is 11.8 Å². The Morgan fingerprint density at radius 3 is 2.42 bits per heavy atom. The van der Waals surface area contributed by atoms with Crippen molar-refractivity contribution < 1.29 is 17.9 Å². The normalized spacial score (nSPS) is 18.6. The highest BCUT2D eigenvalue weighted by atomic mass is 32.2. The molecule has 1 N–H and O–H groups in total. The Kier molecular flexibility index (Phi) is 9.80. The van der Waals surface area contributed by atoms with Crippen molar-refractivity contribution in [3.8, 4) is 23.2 Å².